The maximum atomic E-state index is 10.9. The SMILES string of the molecule is CSCCCOc1cc(C)c(-c2cccc(CCc3ccc4c(c3)OCC4CC=O)c2)c(C)c1. The van der Waals surface area contributed by atoms with Gasteiger partial charge in [0.25, 0.3) is 0 Å². The van der Waals surface area contributed by atoms with Crippen LogP contribution in [0.25, 0.3) is 11.1 Å². The Balaban J connectivity index is 1.44. The van der Waals surface area contributed by atoms with E-state index in [2.05, 4.69) is 74.7 Å². The molecule has 0 saturated heterocycles. The average Bonchev–Trinajstić information content (AvgIpc) is 3.23. The van der Waals surface area contributed by atoms with Crippen molar-refractivity contribution in [3.63, 3.8) is 0 Å². The predicted octanol–water partition coefficient (Wildman–Crippen LogP) is 6.95. The van der Waals surface area contributed by atoms with Crippen molar-refractivity contribution in [1.82, 2.24) is 0 Å². The smallest absolute Gasteiger partial charge is 0.123 e. The number of ether oxygens (including phenoxy) is 2. The van der Waals surface area contributed by atoms with Crippen molar-refractivity contribution in [2.45, 2.75) is 45.4 Å². The number of aldehydes is 1. The van der Waals surface area contributed by atoms with Crippen molar-refractivity contribution >= 4 is 18.0 Å². The van der Waals surface area contributed by atoms with Crippen molar-refractivity contribution in [3.05, 3.63) is 82.4 Å². The highest BCUT2D eigenvalue weighted by Gasteiger charge is 2.23. The summed E-state index contributed by atoms with van der Waals surface area (Å²) in [6.07, 6.45) is 6.64. The Labute approximate surface area is 207 Å². The van der Waals surface area contributed by atoms with E-state index in [4.69, 9.17) is 9.47 Å². The highest BCUT2D eigenvalue weighted by molar-refractivity contribution is 7.98. The summed E-state index contributed by atoms with van der Waals surface area (Å²) in [5, 5.41) is 0. The number of fused-ring (bicyclic) bond motifs is 1. The Morgan fingerprint density at radius 2 is 1.79 bits per heavy atom. The molecule has 34 heavy (non-hydrogen) atoms. The molecule has 0 amide bonds. The first kappa shape index (κ1) is 24.4. The van der Waals surface area contributed by atoms with Gasteiger partial charge in [-0.25, -0.2) is 0 Å². The van der Waals surface area contributed by atoms with E-state index in [9.17, 15) is 4.79 Å². The van der Waals surface area contributed by atoms with Crippen LogP contribution in [0.2, 0.25) is 0 Å². The number of benzene rings is 3. The minimum atomic E-state index is 0.205. The summed E-state index contributed by atoms with van der Waals surface area (Å²) in [6.45, 7) is 5.72. The second-order valence-corrected chi connectivity index (χ2v) is 10.1. The van der Waals surface area contributed by atoms with Crippen molar-refractivity contribution < 1.29 is 14.3 Å². The lowest BCUT2D eigenvalue weighted by molar-refractivity contribution is -0.108. The van der Waals surface area contributed by atoms with Gasteiger partial charge in [0.05, 0.1) is 13.2 Å². The molecule has 1 heterocycles. The van der Waals surface area contributed by atoms with Gasteiger partial charge in [0.15, 0.2) is 0 Å². The Kier molecular flexibility index (Phi) is 8.34. The van der Waals surface area contributed by atoms with Crippen LogP contribution in [0.4, 0.5) is 0 Å². The van der Waals surface area contributed by atoms with Gasteiger partial charge in [-0.3, -0.25) is 0 Å². The van der Waals surface area contributed by atoms with E-state index in [-0.39, 0.29) is 5.92 Å². The largest absolute Gasteiger partial charge is 0.494 e. The van der Waals surface area contributed by atoms with Crippen LogP contribution in [-0.4, -0.2) is 31.5 Å². The van der Waals surface area contributed by atoms with Crippen molar-refractivity contribution in [3.8, 4) is 22.6 Å². The van der Waals surface area contributed by atoms with E-state index < -0.39 is 0 Å². The molecule has 1 aliphatic heterocycles. The molecular weight excluding hydrogens is 440 g/mol. The summed E-state index contributed by atoms with van der Waals surface area (Å²) in [5.41, 5.74) is 8.82. The first-order valence-electron chi connectivity index (χ1n) is 12.1. The zero-order valence-corrected chi connectivity index (χ0v) is 21.3. The quantitative estimate of drug-likeness (QED) is 0.222. The van der Waals surface area contributed by atoms with Crippen LogP contribution < -0.4 is 9.47 Å². The van der Waals surface area contributed by atoms with E-state index in [1.165, 1.54) is 38.9 Å². The lowest BCUT2D eigenvalue weighted by Crippen LogP contribution is -2.00. The summed E-state index contributed by atoms with van der Waals surface area (Å²) in [7, 11) is 0. The first-order chi connectivity index (χ1) is 16.6. The number of carbonyl (C=O) groups is 1. The van der Waals surface area contributed by atoms with Gasteiger partial charge in [0.1, 0.15) is 17.8 Å². The Hall–Kier alpha value is -2.72. The Morgan fingerprint density at radius 3 is 2.53 bits per heavy atom. The predicted molar refractivity (Wildman–Crippen MR) is 143 cm³/mol. The minimum Gasteiger partial charge on any atom is -0.494 e. The third kappa shape index (κ3) is 5.85. The van der Waals surface area contributed by atoms with Crippen LogP contribution in [-0.2, 0) is 17.6 Å². The lowest BCUT2D eigenvalue weighted by atomic mass is 9.92. The minimum absolute atomic E-state index is 0.205. The first-order valence-corrected chi connectivity index (χ1v) is 13.5. The molecular formula is C30H34O3S. The highest BCUT2D eigenvalue weighted by Crippen LogP contribution is 2.36. The van der Waals surface area contributed by atoms with Crippen LogP contribution >= 0.6 is 11.8 Å². The molecule has 3 aromatic carbocycles. The molecule has 0 spiro atoms. The molecule has 0 saturated carbocycles. The van der Waals surface area contributed by atoms with E-state index in [0.29, 0.717) is 13.0 Å². The molecule has 1 atom stereocenters. The molecule has 0 radical (unpaired) electrons. The third-order valence-corrected chi connectivity index (χ3v) is 7.22. The fraction of sp³-hybridized carbons (Fsp3) is 0.367. The maximum absolute atomic E-state index is 10.9. The summed E-state index contributed by atoms with van der Waals surface area (Å²) < 4.78 is 11.8. The maximum Gasteiger partial charge on any atom is 0.123 e. The van der Waals surface area contributed by atoms with E-state index >= 15 is 0 Å². The number of hydrogen-bond donors (Lipinski definition) is 0. The van der Waals surface area contributed by atoms with Crippen LogP contribution in [0.15, 0.2) is 54.6 Å². The van der Waals surface area contributed by atoms with Gasteiger partial charge in [0.2, 0.25) is 0 Å². The molecule has 1 aliphatic rings. The molecule has 4 heteroatoms. The highest BCUT2D eigenvalue weighted by atomic mass is 32.2. The number of thioether (sulfide) groups is 1. The summed E-state index contributed by atoms with van der Waals surface area (Å²) in [5.74, 6) is 3.24. The second-order valence-electron chi connectivity index (χ2n) is 9.11. The van der Waals surface area contributed by atoms with Gasteiger partial charge in [-0.1, -0.05) is 36.4 Å². The molecule has 3 nitrogen and oxygen atoms in total. The second kappa shape index (κ2) is 11.6. The molecule has 0 aliphatic carbocycles. The van der Waals surface area contributed by atoms with Crippen molar-refractivity contribution in [2.24, 2.45) is 0 Å². The standard InChI is InChI=1S/C30H34O3S/c1-21-16-27(32-14-5-15-34-3)17-22(2)30(21)25-7-4-6-23(18-25)8-9-24-10-11-28-26(12-13-31)20-33-29(28)19-24/h4,6-7,10-11,13,16-19,26H,5,8-9,12,14-15,20H2,1-3H3. The van der Waals surface area contributed by atoms with Crippen LogP contribution in [0, 0.1) is 13.8 Å². The van der Waals surface area contributed by atoms with Gasteiger partial charge >= 0.3 is 0 Å². The van der Waals surface area contributed by atoms with Gasteiger partial charge < -0.3 is 14.3 Å². The molecule has 1 unspecified atom stereocenters. The van der Waals surface area contributed by atoms with Gasteiger partial charge in [-0.05, 0) is 96.7 Å². The lowest BCUT2D eigenvalue weighted by Gasteiger charge is -2.15. The summed E-state index contributed by atoms with van der Waals surface area (Å²) >= 11 is 1.86. The zero-order valence-electron chi connectivity index (χ0n) is 20.4. The summed E-state index contributed by atoms with van der Waals surface area (Å²) in [6, 6.07) is 19.7. The topological polar surface area (TPSA) is 35.5 Å². The normalized spacial score (nSPS) is 14.5. The summed E-state index contributed by atoms with van der Waals surface area (Å²) in [4.78, 5) is 10.9. The molecule has 4 rings (SSSR count). The molecule has 178 valence electrons. The number of carbonyl (C=O) groups excluding carboxylic acids is 1. The zero-order chi connectivity index (χ0) is 23.9. The average molecular weight is 475 g/mol. The number of aryl methyl sites for hydroxylation is 4. The van der Waals surface area contributed by atoms with E-state index in [1.807, 2.05) is 11.8 Å². The third-order valence-electron chi connectivity index (χ3n) is 6.52. The van der Waals surface area contributed by atoms with Gasteiger partial charge in [-0.15, -0.1) is 0 Å². The Morgan fingerprint density at radius 1 is 1.03 bits per heavy atom. The molecule has 0 fully saturated rings. The monoisotopic (exact) mass is 474 g/mol. The van der Waals surface area contributed by atoms with Crippen molar-refractivity contribution in [2.75, 3.05) is 25.2 Å². The van der Waals surface area contributed by atoms with Crippen LogP contribution in [0.5, 0.6) is 11.5 Å². The van der Waals surface area contributed by atoms with Gasteiger partial charge in [-0.2, -0.15) is 11.8 Å². The van der Waals surface area contributed by atoms with Crippen LogP contribution in [0.1, 0.15) is 46.6 Å². The van der Waals surface area contributed by atoms with E-state index in [0.717, 1.165) is 49.4 Å². The molecule has 0 aromatic heterocycles. The molecule has 0 bridgehead atoms. The number of rotatable bonds is 11. The fourth-order valence-corrected chi connectivity index (χ4v) is 5.22. The van der Waals surface area contributed by atoms with Crippen LogP contribution in [0.3, 0.4) is 0 Å². The number of hydrogen-bond acceptors (Lipinski definition) is 4. The molecule has 0 N–H and O–H groups in total. The van der Waals surface area contributed by atoms with E-state index in [1.54, 1.807) is 0 Å². The van der Waals surface area contributed by atoms with Crippen molar-refractivity contribution in [1.29, 1.82) is 0 Å². The Bertz CT molecular complexity index is 1110. The molecule has 3 aromatic rings. The van der Waals surface area contributed by atoms with Gasteiger partial charge in [0, 0.05) is 17.9 Å². The fourth-order valence-electron chi connectivity index (χ4n) is 4.81.